The molecule has 1 aromatic heterocycles. The molecule has 0 unspecified atom stereocenters. The number of hydrogen-bond donors (Lipinski definition) is 2. The Balaban J connectivity index is 1.68. The van der Waals surface area contributed by atoms with E-state index in [1.807, 2.05) is 53.1 Å². The van der Waals surface area contributed by atoms with Crippen molar-refractivity contribution in [3.63, 3.8) is 0 Å². The first-order chi connectivity index (χ1) is 13.6. The molecule has 3 aromatic rings. The van der Waals surface area contributed by atoms with Crippen LogP contribution in [0.1, 0.15) is 34.5 Å². The summed E-state index contributed by atoms with van der Waals surface area (Å²) in [5, 5.41) is 15.0. The van der Waals surface area contributed by atoms with Gasteiger partial charge in [-0.1, -0.05) is 41.9 Å². The minimum atomic E-state index is -0.918. The third-order valence-electron chi connectivity index (χ3n) is 5.23. The van der Waals surface area contributed by atoms with Crippen molar-refractivity contribution in [3.05, 3.63) is 70.4 Å². The second kappa shape index (κ2) is 8.35. The Hall–Kier alpha value is -2.34. The Kier molecular flexibility index (Phi) is 5.67. The van der Waals surface area contributed by atoms with Gasteiger partial charge in [-0.25, -0.2) is 4.79 Å². The molecular formula is C22H23ClN2O3. The van der Waals surface area contributed by atoms with Gasteiger partial charge in [0.15, 0.2) is 0 Å². The van der Waals surface area contributed by atoms with Crippen LogP contribution in [-0.2, 0) is 17.8 Å². The number of aromatic carboxylic acids is 1. The van der Waals surface area contributed by atoms with E-state index in [2.05, 4.69) is 5.32 Å². The summed E-state index contributed by atoms with van der Waals surface area (Å²) in [4.78, 5) is 12.2. The second-order valence-corrected chi connectivity index (χ2v) is 7.56. The molecule has 28 heavy (non-hydrogen) atoms. The van der Waals surface area contributed by atoms with Crippen LogP contribution in [-0.4, -0.2) is 34.9 Å². The Labute approximate surface area is 168 Å². The number of benzene rings is 2. The van der Waals surface area contributed by atoms with Gasteiger partial charge in [-0.05, 0) is 36.6 Å². The maximum atomic E-state index is 12.2. The van der Waals surface area contributed by atoms with E-state index in [1.54, 1.807) is 0 Å². The van der Waals surface area contributed by atoms with Gasteiger partial charge in [-0.2, -0.15) is 0 Å². The third kappa shape index (κ3) is 3.92. The zero-order chi connectivity index (χ0) is 19.5. The molecule has 1 fully saturated rings. The van der Waals surface area contributed by atoms with Crippen molar-refractivity contribution >= 4 is 28.5 Å². The summed E-state index contributed by atoms with van der Waals surface area (Å²) in [6, 6.07) is 15.4. The largest absolute Gasteiger partial charge is 0.477 e. The molecule has 0 amide bonds. The maximum absolute atomic E-state index is 12.2. The van der Waals surface area contributed by atoms with E-state index >= 15 is 0 Å². The third-order valence-corrected chi connectivity index (χ3v) is 5.48. The number of para-hydroxylation sites is 1. The Morgan fingerprint density at radius 2 is 2.00 bits per heavy atom. The lowest BCUT2D eigenvalue weighted by Crippen LogP contribution is -2.26. The number of rotatable bonds is 7. The number of aromatic nitrogens is 1. The summed E-state index contributed by atoms with van der Waals surface area (Å²) in [6.07, 6.45) is 2.36. The molecule has 2 N–H and O–H groups in total. The molecule has 146 valence electrons. The van der Waals surface area contributed by atoms with Crippen LogP contribution in [0.3, 0.4) is 0 Å². The van der Waals surface area contributed by atoms with Gasteiger partial charge < -0.3 is 19.7 Å². The number of nitrogens with one attached hydrogen (secondary N) is 1. The van der Waals surface area contributed by atoms with Crippen LogP contribution in [0.15, 0.2) is 48.5 Å². The number of nitrogens with zero attached hydrogens (tertiary/aromatic N) is 1. The first-order valence-corrected chi connectivity index (χ1v) is 9.91. The normalized spacial score (nSPS) is 16.7. The molecule has 5 nitrogen and oxygen atoms in total. The number of carboxylic acid groups (broad SMARTS) is 1. The Bertz CT molecular complexity index is 975. The number of fused-ring (bicyclic) bond motifs is 1. The van der Waals surface area contributed by atoms with E-state index in [0.29, 0.717) is 23.8 Å². The van der Waals surface area contributed by atoms with Crippen molar-refractivity contribution in [3.8, 4) is 0 Å². The minimum absolute atomic E-state index is 0.218. The molecule has 1 atom stereocenters. The highest BCUT2D eigenvalue weighted by Gasteiger charge is 2.23. The smallest absolute Gasteiger partial charge is 0.352 e. The monoisotopic (exact) mass is 398 g/mol. The zero-order valence-electron chi connectivity index (χ0n) is 15.5. The molecule has 6 heteroatoms. The molecule has 0 aliphatic carbocycles. The van der Waals surface area contributed by atoms with Crippen LogP contribution in [0.4, 0.5) is 0 Å². The van der Waals surface area contributed by atoms with E-state index in [-0.39, 0.29) is 6.10 Å². The summed E-state index contributed by atoms with van der Waals surface area (Å²) >= 11 is 5.99. The van der Waals surface area contributed by atoms with E-state index in [9.17, 15) is 9.90 Å². The highest BCUT2D eigenvalue weighted by atomic mass is 35.5. The van der Waals surface area contributed by atoms with Crippen molar-refractivity contribution in [1.82, 2.24) is 9.88 Å². The predicted molar refractivity (Wildman–Crippen MR) is 110 cm³/mol. The SMILES string of the molecule is O=C(O)c1c(CNC[C@@H]2CCCO2)c2ccccc2n1Cc1ccc(Cl)cc1. The quantitative estimate of drug-likeness (QED) is 0.622. The van der Waals surface area contributed by atoms with Gasteiger partial charge in [0.05, 0.1) is 6.10 Å². The molecule has 0 radical (unpaired) electrons. The highest BCUT2D eigenvalue weighted by molar-refractivity contribution is 6.30. The second-order valence-electron chi connectivity index (χ2n) is 7.13. The average molecular weight is 399 g/mol. The Morgan fingerprint density at radius 3 is 2.71 bits per heavy atom. The summed E-state index contributed by atoms with van der Waals surface area (Å²) in [6.45, 7) is 2.52. The van der Waals surface area contributed by atoms with Gasteiger partial charge in [-0.3, -0.25) is 0 Å². The van der Waals surface area contributed by atoms with Gasteiger partial charge in [0, 0.05) is 47.7 Å². The summed E-state index contributed by atoms with van der Waals surface area (Å²) < 4.78 is 7.53. The number of carboxylic acids is 1. The molecule has 0 bridgehead atoms. The summed E-state index contributed by atoms with van der Waals surface area (Å²) in [5.74, 6) is -0.918. The van der Waals surface area contributed by atoms with Crippen LogP contribution >= 0.6 is 11.6 Å². The van der Waals surface area contributed by atoms with E-state index in [4.69, 9.17) is 16.3 Å². The first kappa shape index (κ1) is 19.0. The lowest BCUT2D eigenvalue weighted by molar-refractivity contribution is 0.0684. The number of hydrogen-bond acceptors (Lipinski definition) is 3. The van der Waals surface area contributed by atoms with Gasteiger partial charge >= 0.3 is 5.97 Å². The zero-order valence-corrected chi connectivity index (χ0v) is 16.3. The number of carbonyl (C=O) groups is 1. The molecule has 1 saturated heterocycles. The molecule has 1 aliphatic rings. The molecule has 2 aromatic carbocycles. The predicted octanol–water partition coefficient (Wildman–Crippen LogP) is 4.31. The number of halogens is 1. The van der Waals surface area contributed by atoms with Gasteiger partial charge in [0.2, 0.25) is 0 Å². The standard InChI is InChI=1S/C22H23ClN2O3/c23-16-9-7-15(8-10-16)14-25-20-6-2-1-5-18(20)19(21(25)22(26)27)13-24-12-17-4-3-11-28-17/h1-2,5-10,17,24H,3-4,11-14H2,(H,26,27)/t17-/m0/s1. The summed E-state index contributed by atoms with van der Waals surface area (Å²) in [7, 11) is 0. The van der Waals surface area contributed by atoms with E-state index in [1.165, 1.54) is 0 Å². The van der Waals surface area contributed by atoms with E-state index < -0.39 is 5.97 Å². The molecule has 4 rings (SSSR count). The molecule has 0 spiro atoms. The molecule has 2 heterocycles. The first-order valence-electron chi connectivity index (χ1n) is 9.53. The molecular weight excluding hydrogens is 376 g/mol. The number of ether oxygens (including phenoxy) is 1. The molecule has 1 aliphatic heterocycles. The van der Waals surface area contributed by atoms with Crippen LogP contribution in [0, 0.1) is 0 Å². The fourth-order valence-corrected chi connectivity index (χ4v) is 4.02. The van der Waals surface area contributed by atoms with Crippen LogP contribution in [0.25, 0.3) is 10.9 Å². The van der Waals surface area contributed by atoms with Gasteiger partial charge in [-0.15, -0.1) is 0 Å². The minimum Gasteiger partial charge on any atom is -0.477 e. The summed E-state index contributed by atoms with van der Waals surface area (Å²) in [5.41, 5.74) is 3.07. The van der Waals surface area contributed by atoms with Crippen molar-refractivity contribution in [2.24, 2.45) is 0 Å². The highest BCUT2D eigenvalue weighted by Crippen LogP contribution is 2.28. The molecule has 0 saturated carbocycles. The topological polar surface area (TPSA) is 63.5 Å². The Morgan fingerprint density at radius 1 is 1.21 bits per heavy atom. The van der Waals surface area contributed by atoms with Gasteiger partial charge in [0.25, 0.3) is 0 Å². The van der Waals surface area contributed by atoms with Crippen LogP contribution < -0.4 is 5.32 Å². The van der Waals surface area contributed by atoms with Crippen molar-refractivity contribution in [2.45, 2.75) is 32.0 Å². The van der Waals surface area contributed by atoms with Crippen molar-refractivity contribution in [1.29, 1.82) is 0 Å². The fraction of sp³-hybridized carbons (Fsp3) is 0.318. The van der Waals surface area contributed by atoms with E-state index in [0.717, 1.165) is 48.0 Å². The lowest BCUT2D eigenvalue weighted by atomic mass is 10.1. The van der Waals surface area contributed by atoms with Crippen molar-refractivity contribution in [2.75, 3.05) is 13.2 Å². The maximum Gasteiger partial charge on any atom is 0.352 e. The average Bonchev–Trinajstić information content (AvgIpc) is 3.31. The fourth-order valence-electron chi connectivity index (χ4n) is 3.90. The van der Waals surface area contributed by atoms with Crippen LogP contribution in [0.5, 0.6) is 0 Å². The lowest BCUT2D eigenvalue weighted by Gasteiger charge is -2.12. The van der Waals surface area contributed by atoms with Gasteiger partial charge in [0.1, 0.15) is 5.69 Å². The van der Waals surface area contributed by atoms with Crippen molar-refractivity contribution < 1.29 is 14.6 Å². The van der Waals surface area contributed by atoms with Crippen LogP contribution in [0.2, 0.25) is 5.02 Å².